The highest BCUT2D eigenvalue weighted by atomic mass is 35.5. The summed E-state index contributed by atoms with van der Waals surface area (Å²) in [6.45, 7) is 1.63. The first-order valence-electron chi connectivity index (χ1n) is 7.58. The maximum absolute atomic E-state index is 10.2. The number of halogens is 1. The average molecular weight is 334 g/mol. The molecule has 122 valence electrons. The van der Waals surface area contributed by atoms with Crippen LogP contribution in [0, 0.1) is 0 Å². The highest BCUT2D eigenvalue weighted by molar-refractivity contribution is 6.33. The molecule has 4 nitrogen and oxygen atoms in total. The molecule has 2 aromatic rings. The van der Waals surface area contributed by atoms with E-state index in [0.29, 0.717) is 10.8 Å². The van der Waals surface area contributed by atoms with Crippen molar-refractivity contribution < 1.29 is 14.6 Å². The monoisotopic (exact) mass is 333 g/mol. The van der Waals surface area contributed by atoms with E-state index in [2.05, 4.69) is 17.4 Å². The number of nitrogens with one attached hydrogen (secondary N) is 1. The number of benzene rings is 2. The van der Waals surface area contributed by atoms with E-state index >= 15 is 0 Å². The number of hydrogen-bond acceptors (Lipinski definition) is 4. The number of phenols is 1. The van der Waals surface area contributed by atoms with Crippen molar-refractivity contribution in [2.75, 3.05) is 27.3 Å². The maximum Gasteiger partial charge on any atom is 0.177 e. The van der Waals surface area contributed by atoms with Crippen molar-refractivity contribution in [1.82, 2.24) is 5.32 Å². The zero-order chi connectivity index (χ0) is 16.4. The third-order valence-electron chi connectivity index (χ3n) is 4.36. The van der Waals surface area contributed by atoms with Gasteiger partial charge in [-0.3, -0.25) is 0 Å². The van der Waals surface area contributed by atoms with Crippen LogP contribution in [0.1, 0.15) is 22.6 Å². The first-order valence-corrected chi connectivity index (χ1v) is 7.96. The molecule has 0 aliphatic carbocycles. The van der Waals surface area contributed by atoms with Crippen molar-refractivity contribution in [1.29, 1.82) is 0 Å². The van der Waals surface area contributed by atoms with Gasteiger partial charge in [0.25, 0.3) is 0 Å². The van der Waals surface area contributed by atoms with Gasteiger partial charge in [-0.15, -0.1) is 0 Å². The van der Waals surface area contributed by atoms with Gasteiger partial charge in [0.2, 0.25) is 0 Å². The molecule has 1 heterocycles. The Labute approximate surface area is 141 Å². The second-order valence-electron chi connectivity index (χ2n) is 5.59. The fourth-order valence-corrected chi connectivity index (χ4v) is 3.40. The molecule has 1 unspecified atom stereocenters. The van der Waals surface area contributed by atoms with E-state index in [1.807, 2.05) is 18.2 Å². The molecule has 0 bridgehead atoms. The summed E-state index contributed by atoms with van der Waals surface area (Å²) >= 11 is 6.39. The summed E-state index contributed by atoms with van der Waals surface area (Å²) in [4.78, 5) is 0. The summed E-state index contributed by atoms with van der Waals surface area (Å²) < 4.78 is 10.5. The Hall–Kier alpha value is -1.91. The van der Waals surface area contributed by atoms with Crippen LogP contribution in [-0.2, 0) is 6.42 Å². The minimum absolute atomic E-state index is 0.0169. The summed E-state index contributed by atoms with van der Waals surface area (Å²) in [7, 11) is 3.19. The van der Waals surface area contributed by atoms with Crippen LogP contribution in [0.25, 0.3) is 0 Å². The topological polar surface area (TPSA) is 50.7 Å². The Kier molecular flexibility index (Phi) is 4.64. The van der Waals surface area contributed by atoms with E-state index < -0.39 is 0 Å². The largest absolute Gasteiger partial charge is 0.503 e. The van der Waals surface area contributed by atoms with Gasteiger partial charge in [0.05, 0.1) is 19.2 Å². The zero-order valence-corrected chi connectivity index (χ0v) is 14.0. The van der Waals surface area contributed by atoms with Crippen LogP contribution >= 0.6 is 11.6 Å². The molecule has 2 N–H and O–H groups in total. The Morgan fingerprint density at radius 3 is 2.57 bits per heavy atom. The lowest BCUT2D eigenvalue weighted by atomic mass is 9.87. The number of aromatic hydroxyl groups is 1. The predicted molar refractivity (Wildman–Crippen MR) is 91.1 cm³/mol. The molecule has 5 heteroatoms. The molecule has 0 fully saturated rings. The van der Waals surface area contributed by atoms with Gasteiger partial charge in [-0.2, -0.15) is 0 Å². The number of hydrogen-bond donors (Lipinski definition) is 2. The molecule has 2 aromatic carbocycles. The standard InChI is InChI=1S/C18H20ClNO3/c1-22-12-5-3-11(4-6-12)15-10-20-8-7-13-14(15)9-16(23-2)18(21)17(13)19/h3-6,9,15,20-21H,7-8,10H2,1-2H3. The minimum Gasteiger partial charge on any atom is -0.503 e. The average Bonchev–Trinajstić information content (AvgIpc) is 2.80. The van der Waals surface area contributed by atoms with Crippen molar-refractivity contribution in [2.45, 2.75) is 12.3 Å². The highest BCUT2D eigenvalue weighted by Crippen LogP contribution is 2.43. The molecule has 1 atom stereocenters. The fourth-order valence-electron chi connectivity index (χ4n) is 3.10. The number of fused-ring (bicyclic) bond motifs is 1. The summed E-state index contributed by atoms with van der Waals surface area (Å²) in [5.74, 6) is 1.40. The number of ether oxygens (including phenoxy) is 2. The molecule has 0 amide bonds. The molecule has 0 aromatic heterocycles. The van der Waals surface area contributed by atoms with Crippen molar-refractivity contribution in [3.8, 4) is 17.2 Å². The molecular formula is C18H20ClNO3. The van der Waals surface area contributed by atoms with Crippen molar-refractivity contribution in [3.05, 3.63) is 52.0 Å². The van der Waals surface area contributed by atoms with E-state index in [-0.39, 0.29) is 11.7 Å². The summed E-state index contributed by atoms with van der Waals surface area (Å²) in [5, 5.41) is 14.0. The van der Waals surface area contributed by atoms with Crippen molar-refractivity contribution in [3.63, 3.8) is 0 Å². The molecule has 1 aliphatic heterocycles. The predicted octanol–water partition coefficient (Wildman–Crippen LogP) is 3.34. The molecular weight excluding hydrogens is 314 g/mol. The van der Waals surface area contributed by atoms with Gasteiger partial charge in [-0.05, 0) is 47.9 Å². The Balaban J connectivity index is 2.11. The SMILES string of the molecule is COc1ccc(C2CNCCc3c2cc(OC)c(O)c3Cl)cc1. The van der Waals surface area contributed by atoms with Crippen LogP contribution in [0.5, 0.6) is 17.2 Å². The maximum atomic E-state index is 10.2. The zero-order valence-electron chi connectivity index (χ0n) is 13.2. The molecule has 0 radical (unpaired) electrons. The molecule has 0 spiro atoms. The first-order chi connectivity index (χ1) is 11.2. The van der Waals surface area contributed by atoms with Gasteiger partial charge in [0.1, 0.15) is 5.75 Å². The molecule has 3 rings (SSSR count). The fraction of sp³-hybridized carbons (Fsp3) is 0.333. The van der Waals surface area contributed by atoms with Crippen molar-refractivity contribution >= 4 is 11.6 Å². The van der Waals surface area contributed by atoms with Crippen molar-refractivity contribution in [2.24, 2.45) is 0 Å². The molecule has 0 saturated carbocycles. The van der Waals surface area contributed by atoms with E-state index in [1.165, 1.54) is 12.7 Å². The van der Waals surface area contributed by atoms with E-state index in [1.54, 1.807) is 7.11 Å². The quantitative estimate of drug-likeness (QED) is 0.904. The lowest BCUT2D eigenvalue weighted by molar-refractivity contribution is 0.372. The Bertz CT molecular complexity index is 700. The highest BCUT2D eigenvalue weighted by Gasteiger charge is 2.25. The number of methoxy groups -OCH3 is 2. The van der Waals surface area contributed by atoms with Crippen LogP contribution in [0.15, 0.2) is 30.3 Å². The molecule has 23 heavy (non-hydrogen) atoms. The third kappa shape index (κ3) is 2.96. The van der Waals surface area contributed by atoms with Gasteiger partial charge >= 0.3 is 0 Å². The Morgan fingerprint density at radius 2 is 1.91 bits per heavy atom. The lowest BCUT2D eigenvalue weighted by Crippen LogP contribution is -2.20. The van der Waals surface area contributed by atoms with Crippen LogP contribution in [-0.4, -0.2) is 32.4 Å². The summed E-state index contributed by atoms with van der Waals surface area (Å²) in [5.41, 5.74) is 3.25. The van der Waals surface area contributed by atoms with Crippen LogP contribution in [0.4, 0.5) is 0 Å². The summed E-state index contributed by atoms with van der Waals surface area (Å²) in [6, 6.07) is 9.94. The number of rotatable bonds is 3. The lowest BCUT2D eigenvalue weighted by Gasteiger charge is -2.21. The van der Waals surface area contributed by atoms with Crippen LogP contribution in [0.2, 0.25) is 5.02 Å². The smallest absolute Gasteiger partial charge is 0.177 e. The minimum atomic E-state index is 0.0169. The number of phenolic OH excluding ortho intramolecular Hbond substituents is 1. The van der Waals surface area contributed by atoms with Gasteiger partial charge in [-0.25, -0.2) is 0 Å². The second-order valence-corrected chi connectivity index (χ2v) is 5.97. The van der Waals surface area contributed by atoms with E-state index in [0.717, 1.165) is 36.4 Å². The van der Waals surface area contributed by atoms with Gasteiger partial charge in [0.15, 0.2) is 11.5 Å². The molecule has 1 aliphatic rings. The van der Waals surface area contributed by atoms with Gasteiger partial charge in [-0.1, -0.05) is 23.7 Å². The normalized spacial score (nSPS) is 17.3. The van der Waals surface area contributed by atoms with Gasteiger partial charge in [0, 0.05) is 12.5 Å². The summed E-state index contributed by atoms with van der Waals surface area (Å²) in [6.07, 6.45) is 0.776. The first kappa shape index (κ1) is 16.0. The van der Waals surface area contributed by atoms with E-state index in [9.17, 15) is 5.11 Å². The van der Waals surface area contributed by atoms with Crippen LogP contribution in [0.3, 0.4) is 0 Å². The van der Waals surface area contributed by atoms with Crippen LogP contribution < -0.4 is 14.8 Å². The Morgan fingerprint density at radius 1 is 1.17 bits per heavy atom. The van der Waals surface area contributed by atoms with E-state index in [4.69, 9.17) is 21.1 Å². The molecule has 0 saturated heterocycles. The van der Waals surface area contributed by atoms with Gasteiger partial charge < -0.3 is 19.9 Å². The second kappa shape index (κ2) is 6.69. The third-order valence-corrected chi connectivity index (χ3v) is 4.76.